The molecule has 162 valence electrons. The molecule has 2 aromatic heterocycles. The summed E-state index contributed by atoms with van der Waals surface area (Å²) in [6.07, 6.45) is 1.31. The Morgan fingerprint density at radius 1 is 1.16 bits per heavy atom. The molecule has 0 saturated carbocycles. The summed E-state index contributed by atoms with van der Waals surface area (Å²) in [4.78, 5) is 42.2. The molecule has 0 aliphatic heterocycles. The average molecular weight is 451 g/mol. The second kappa shape index (κ2) is 9.11. The summed E-state index contributed by atoms with van der Waals surface area (Å²) in [7, 11) is 0. The molecule has 4 aromatic rings. The van der Waals surface area contributed by atoms with Crippen LogP contribution in [0.1, 0.15) is 17.3 Å². The molecule has 0 bridgehead atoms. The number of thiophene rings is 1. The van der Waals surface area contributed by atoms with Gasteiger partial charge in [-0.1, -0.05) is 24.3 Å². The quantitative estimate of drug-likeness (QED) is 0.446. The molecule has 2 heterocycles. The molecule has 7 nitrogen and oxygen atoms in total. The number of ether oxygens (including phenoxy) is 1. The van der Waals surface area contributed by atoms with Crippen molar-refractivity contribution < 1.29 is 18.7 Å². The average Bonchev–Trinajstić information content (AvgIpc) is 3.20. The monoisotopic (exact) mass is 451 g/mol. The molecule has 0 aliphatic rings. The van der Waals surface area contributed by atoms with E-state index in [4.69, 9.17) is 4.74 Å². The number of amides is 1. The zero-order valence-corrected chi connectivity index (χ0v) is 17.8. The molecule has 1 N–H and O–H groups in total. The van der Waals surface area contributed by atoms with Gasteiger partial charge in [0.2, 0.25) is 5.91 Å². The summed E-state index contributed by atoms with van der Waals surface area (Å²) < 4.78 is 19.7. The first kappa shape index (κ1) is 21.4. The third kappa shape index (κ3) is 4.28. The van der Waals surface area contributed by atoms with Gasteiger partial charge in [-0.25, -0.2) is 14.2 Å². The maximum atomic E-state index is 13.3. The van der Waals surface area contributed by atoms with Gasteiger partial charge in [0.1, 0.15) is 22.9 Å². The van der Waals surface area contributed by atoms with Crippen LogP contribution in [0.4, 0.5) is 9.39 Å². The number of carbonyl (C=O) groups is 2. The summed E-state index contributed by atoms with van der Waals surface area (Å²) in [6, 6.07) is 12.5. The molecular weight excluding hydrogens is 433 g/mol. The SMILES string of the molecule is CCOC(=O)c1c(-c2ccc(F)cc2)csc1NC(=O)Cn1cnc2ccccc2c1=O. The van der Waals surface area contributed by atoms with Crippen molar-refractivity contribution in [3.8, 4) is 11.1 Å². The van der Waals surface area contributed by atoms with Crippen LogP contribution in [-0.2, 0) is 16.1 Å². The molecule has 0 atom stereocenters. The Kier molecular flexibility index (Phi) is 6.09. The number of fused-ring (bicyclic) bond motifs is 1. The van der Waals surface area contributed by atoms with Crippen LogP contribution in [0.15, 0.2) is 65.0 Å². The highest BCUT2D eigenvalue weighted by Gasteiger charge is 2.23. The molecule has 0 aliphatic carbocycles. The second-order valence-electron chi connectivity index (χ2n) is 6.82. The number of rotatable bonds is 6. The molecule has 0 spiro atoms. The van der Waals surface area contributed by atoms with Crippen LogP contribution in [0.3, 0.4) is 0 Å². The second-order valence-corrected chi connectivity index (χ2v) is 7.70. The third-order valence-corrected chi connectivity index (χ3v) is 5.62. The van der Waals surface area contributed by atoms with Gasteiger partial charge in [0.05, 0.1) is 23.8 Å². The third-order valence-electron chi connectivity index (χ3n) is 4.72. The molecule has 1 amide bonds. The summed E-state index contributed by atoms with van der Waals surface area (Å²) in [6.45, 7) is 1.56. The van der Waals surface area contributed by atoms with Crippen LogP contribution >= 0.6 is 11.3 Å². The minimum Gasteiger partial charge on any atom is -0.462 e. The van der Waals surface area contributed by atoms with Gasteiger partial charge in [-0.2, -0.15) is 0 Å². The predicted molar refractivity (Wildman–Crippen MR) is 120 cm³/mol. The van der Waals surface area contributed by atoms with E-state index in [-0.39, 0.29) is 29.3 Å². The maximum Gasteiger partial charge on any atom is 0.341 e. The lowest BCUT2D eigenvalue weighted by molar-refractivity contribution is -0.116. The smallest absolute Gasteiger partial charge is 0.341 e. The lowest BCUT2D eigenvalue weighted by Gasteiger charge is -2.10. The first-order valence-corrected chi connectivity index (χ1v) is 10.6. The number of benzene rings is 2. The highest BCUT2D eigenvalue weighted by molar-refractivity contribution is 7.15. The molecule has 2 aromatic carbocycles. The maximum absolute atomic E-state index is 13.3. The van der Waals surface area contributed by atoms with Crippen LogP contribution in [0.2, 0.25) is 0 Å². The Bertz CT molecular complexity index is 1360. The van der Waals surface area contributed by atoms with Crippen molar-refractivity contribution in [3.63, 3.8) is 0 Å². The normalized spacial score (nSPS) is 10.8. The molecule has 9 heteroatoms. The first-order chi connectivity index (χ1) is 15.5. The van der Waals surface area contributed by atoms with Gasteiger partial charge in [0, 0.05) is 10.9 Å². The molecule has 0 radical (unpaired) electrons. The summed E-state index contributed by atoms with van der Waals surface area (Å²) >= 11 is 1.15. The lowest BCUT2D eigenvalue weighted by Crippen LogP contribution is -2.28. The van der Waals surface area contributed by atoms with Crippen molar-refractivity contribution in [2.45, 2.75) is 13.5 Å². The molecular formula is C23H18FN3O4S. The van der Waals surface area contributed by atoms with Crippen molar-refractivity contribution in [1.29, 1.82) is 0 Å². The van der Waals surface area contributed by atoms with Crippen LogP contribution in [0.5, 0.6) is 0 Å². The van der Waals surface area contributed by atoms with Crippen molar-refractivity contribution in [2.24, 2.45) is 0 Å². The van der Waals surface area contributed by atoms with Crippen molar-refractivity contribution >= 4 is 39.1 Å². The summed E-state index contributed by atoms with van der Waals surface area (Å²) in [5.41, 5.74) is 1.52. The van der Waals surface area contributed by atoms with E-state index < -0.39 is 17.7 Å². The Balaban J connectivity index is 1.63. The minimum atomic E-state index is -0.604. The largest absolute Gasteiger partial charge is 0.462 e. The molecule has 32 heavy (non-hydrogen) atoms. The number of halogens is 1. The molecule has 0 saturated heterocycles. The van der Waals surface area contributed by atoms with Gasteiger partial charge in [0.15, 0.2) is 0 Å². The fourth-order valence-electron chi connectivity index (χ4n) is 3.24. The van der Waals surface area contributed by atoms with E-state index in [0.717, 1.165) is 11.3 Å². The zero-order chi connectivity index (χ0) is 22.7. The standard InChI is InChI=1S/C23H18FN3O4S/c1-2-31-23(30)20-17(14-7-9-15(24)10-8-14)12-32-21(20)26-19(28)11-27-13-25-18-6-4-3-5-16(18)22(27)29/h3-10,12-13H,2,11H2,1H3,(H,26,28). The Morgan fingerprint density at radius 2 is 1.91 bits per heavy atom. The Hall–Kier alpha value is -3.85. The van der Waals surface area contributed by atoms with Gasteiger partial charge < -0.3 is 10.1 Å². The molecule has 4 rings (SSSR count). The number of hydrogen-bond acceptors (Lipinski definition) is 6. The van der Waals surface area contributed by atoms with Gasteiger partial charge in [-0.3, -0.25) is 14.2 Å². The van der Waals surface area contributed by atoms with Crippen molar-refractivity contribution in [2.75, 3.05) is 11.9 Å². The minimum absolute atomic E-state index is 0.156. The topological polar surface area (TPSA) is 90.3 Å². The van der Waals surface area contributed by atoms with E-state index in [2.05, 4.69) is 10.3 Å². The zero-order valence-electron chi connectivity index (χ0n) is 17.0. The number of esters is 1. The van der Waals surface area contributed by atoms with E-state index in [9.17, 15) is 18.8 Å². The fraction of sp³-hybridized carbons (Fsp3) is 0.130. The predicted octanol–water partition coefficient (Wildman–Crippen LogP) is 4.08. The highest BCUT2D eigenvalue weighted by Crippen LogP contribution is 2.36. The number of nitrogens with one attached hydrogen (secondary N) is 1. The lowest BCUT2D eigenvalue weighted by atomic mass is 10.0. The van der Waals surface area contributed by atoms with Crippen molar-refractivity contribution in [1.82, 2.24) is 9.55 Å². The summed E-state index contributed by atoms with van der Waals surface area (Å²) in [5, 5.41) is 5.08. The van der Waals surface area contributed by atoms with Gasteiger partial charge in [0.25, 0.3) is 5.56 Å². The van der Waals surface area contributed by atoms with Crippen LogP contribution in [0.25, 0.3) is 22.0 Å². The van der Waals surface area contributed by atoms with E-state index >= 15 is 0 Å². The highest BCUT2D eigenvalue weighted by atomic mass is 32.1. The van der Waals surface area contributed by atoms with Crippen molar-refractivity contribution in [3.05, 3.63) is 82.0 Å². The van der Waals surface area contributed by atoms with E-state index in [1.54, 1.807) is 48.7 Å². The Labute approximate surface area is 186 Å². The Morgan fingerprint density at radius 3 is 2.66 bits per heavy atom. The van der Waals surface area contributed by atoms with Crippen LogP contribution < -0.4 is 10.9 Å². The number of carbonyl (C=O) groups excluding carboxylic acids is 2. The van der Waals surface area contributed by atoms with E-state index in [0.29, 0.717) is 22.0 Å². The molecule has 0 unspecified atom stereocenters. The number of para-hydroxylation sites is 1. The number of nitrogens with zero attached hydrogens (tertiary/aromatic N) is 2. The number of anilines is 1. The van der Waals surface area contributed by atoms with Crippen LogP contribution in [-0.4, -0.2) is 28.0 Å². The number of hydrogen-bond donors (Lipinski definition) is 1. The van der Waals surface area contributed by atoms with Crippen LogP contribution in [0, 0.1) is 5.82 Å². The summed E-state index contributed by atoms with van der Waals surface area (Å²) in [5.74, 6) is -1.50. The van der Waals surface area contributed by atoms with Gasteiger partial charge in [-0.15, -0.1) is 11.3 Å². The van der Waals surface area contributed by atoms with Gasteiger partial charge in [-0.05, 0) is 36.8 Å². The molecule has 0 fully saturated rings. The van der Waals surface area contributed by atoms with Gasteiger partial charge >= 0.3 is 5.97 Å². The van der Waals surface area contributed by atoms with E-state index in [1.165, 1.54) is 23.0 Å². The fourth-order valence-corrected chi connectivity index (χ4v) is 4.21. The number of aromatic nitrogens is 2. The van der Waals surface area contributed by atoms with E-state index in [1.807, 2.05) is 0 Å². The first-order valence-electron chi connectivity index (χ1n) is 9.76.